The molecule has 1 aromatic carbocycles. The molecule has 1 aromatic heterocycles. The third kappa shape index (κ3) is 1.71. The van der Waals surface area contributed by atoms with Gasteiger partial charge in [0.2, 0.25) is 0 Å². The van der Waals surface area contributed by atoms with Gasteiger partial charge in [0, 0.05) is 5.02 Å². The molecule has 0 aliphatic heterocycles. The molecule has 0 bridgehead atoms. The van der Waals surface area contributed by atoms with Gasteiger partial charge in [-0.05, 0) is 30.7 Å². The van der Waals surface area contributed by atoms with Crippen LogP contribution in [0.5, 0.6) is 5.75 Å². The van der Waals surface area contributed by atoms with E-state index in [4.69, 9.17) is 27.6 Å². The van der Waals surface area contributed by atoms with Gasteiger partial charge in [-0.25, -0.2) is 0 Å². The van der Waals surface area contributed by atoms with E-state index in [9.17, 15) is 5.11 Å². The van der Waals surface area contributed by atoms with Gasteiger partial charge in [0.15, 0.2) is 0 Å². The molecular formula is C11H8Cl2O2. The second kappa shape index (κ2) is 3.80. The van der Waals surface area contributed by atoms with Crippen LogP contribution in [-0.4, -0.2) is 5.11 Å². The van der Waals surface area contributed by atoms with Crippen molar-refractivity contribution in [2.45, 2.75) is 6.92 Å². The quantitative estimate of drug-likeness (QED) is 0.811. The Morgan fingerprint density at radius 1 is 1.33 bits per heavy atom. The van der Waals surface area contributed by atoms with Crippen molar-refractivity contribution in [3.05, 3.63) is 40.1 Å². The van der Waals surface area contributed by atoms with Gasteiger partial charge in [-0.2, -0.15) is 0 Å². The Labute approximate surface area is 97.0 Å². The number of furan rings is 1. The number of hydrogen-bond donors (Lipinski definition) is 1. The summed E-state index contributed by atoms with van der Waals surface area (Å²) in [6, 6.07) is 5.10. The number of hydrogen-bond acceptors (Lipinski definition) is 2. The lowest BCUT2D eigenvalue weighted by Crippen LogP contribution is -1.83. The largest absolute Gasteiger partial charge is 0.506 e. The number of rotatable bonds is 1. The van der Waals surface area contributed by atoms with Gasteiger partial charge in [0.05, 0.1) is 16.8 Å². The SMILES string of the molecule is Cc1c(Cl)cc(-c2ccco2)c(O)c1Cl. The monoisotopic (exact) mass is 242 g/mol. The Morgan fingerprint density at radius 2 is 2.07 bits per heavy atom. The predicted octanol–water partition coefficient (Wildman–Crippen LogP) is 4.27. The van der Waals surface area contributed by atoms with E-state index in [2.05, 4.69) is 0 Å². The zero-order chi connectivity index (χ0) is 11.0. The van der Waals surface area contributed by atoms with Crippen LogP contribution in [-0.2, 0) is 0 Å². The molecule has 0 radical (unpaired) electrons. The van der Waals surface area contributed by atoms with E-state index in [0.29, 0.717) is 21.9 Å². The summed E-state index contributed by atoms with van der Waals surface area (Å²) in [6.45, 7) is 1.75. The summed E-state index contributed by atoms with van der Waals surface area (Å²) in [4.78, 5) is 0. The maximum Gasteiger partial charge on any atom is 0.145 e. The summed E-state index contributed by atoms with van der Waals surface area (Å²) < 4.78 is 5.17. The van der Waals surface area contributed by atoms with Gasteiger partial charge in [-0.15, -0.1) is 0 Å². The number of aromatic hydroxyl groups is 1. The van der Waals surface area contributed by atoms with Crippen LogP contribution in [0.1, 0.15) is 5.56 Å². The van der Waals surface area contributed by atoms with E-state index in [1.54, 1.807) is 25.1 Å². The molecule has 0 spiro atoms. The summed E-state index contributed by atoms with van der Waals surface area (Å²) in [6.07, 6.45) is 1.52. The summed E-state index contributed by atoms with van der Waals surface area (Å²) in [5.41, 5.74) is 1.16. The standard InChI is InChI=1S/C11H8Cl2O2/c1-6-8(12)5-7(11(14)10(6)13)9-3-2-4-15-9/h2-5,14H,1H3. The van der Waals surface area contributed by atoms with Crippen LogP contribution in [0, 0.1) is 6.92 Å². The topological polar surface area (TPSA) is 33.4 Å². The van der Waals surface area contributed by atoms with Crippen molar-refractivity contribution in [3.8, 4) is 17.1 Å². The Kier molecular flexibility index (Phi) is 2.63. The molecule has 1 N–H and O–H groups in total. The van der Waals surface area contributed by atoms with E-state index < -0.39 is 0 Å². The van der Waals surface area contributed by atoms with Gasteiger partial charge >= 0.3 is 0 Å². The number of benzene rings is 1. The fourth-order valence-electron chi connectivity index (χ4n) is 1.32. The number of phenolic OH excluding ortho intramolecular Hbond substituents is 1. The first-order chi connectivity index (χ1) is 7.11. The first-order valence-electron chi connectivity index (χ1n) is 4.32. The van der Waals surface area contributed by atoms with Crippen LogP contribution < -0.4 is 0 Å². The molecule has 0 aliphatic rings. The Balaban J connectivity index is 2.69. The minimum Gasteiger partial charge on any atom is -0.506 e. The maximum atomic E-state index is 9.82. The van der Waals surface area contributed by atoms with E-state index in [-0.39, 0.29) is 10.8 Å². The van der Waals surface area contributed by atoms with Crippen LogP contribution in [0.15, 0.2) is 28.9 Å². The fraction of sp³-hybridized carbons (Fsp3) is 0.0909. The summed E-state index contributed by atoms with van der Waals surface area (Å²) in [7, 11) is 0. The van der Waals surface area contributed by atoms with Gasteiger partial charge in [-0.3, -0.25) is 0 Å². The smallest absolute Gasteiger partial charge is 0.145 e. The highest BCUT2D eigenvalue weighted by Crippen LogP contribution is 2.40. The van der Waals surface area contributed by atoms with Crippen molar-refractivity contribution >= 4 is 23.2 Å². The van der Waals surface area contributed by atoms with Crippen molar-refractivity contribution in [1.82, 2.24) is 0 Å². The Hall–Kier alpha value is -1.12. The van der Waals surface area contributed by atoms with Crippen LogP contribution in [0.3, 0.4) is 0 Å². The lowest BCUT2D eigenvalue weighted by atomic mass is 10.1. The molecule has 2 nitrogen and oxygen atoms in total. The lowest BCUT2D eigenvalue weighted by molar-refractivity contribution is 0.473. The number of halogens is 2. The summed E-state index contributed by atoms with van der Waals surface area (Å²) in [5.74, 6) is 0.532. The first-order valence-corrected chi connectivity index (χ1v) is 5.08. The van der Waals surface area contributed by atoms with Crippen molar-refractivity contribution in [3.63, 3.8) is 0 Å². The molecule has 1 heterocycles. The van der Waals surface area contributed by atoms with Gasteiger partial charge < -0.3 is 9.52 Å². The molecule has 0 atom stereocenters. The molecule has 0 aliphatic carbocycles. The molecule has 2 aromatic rings. The molecule has 78 valence electrons. The highest BCUT2D eigenvalue weighted by Gasteiger charge is 2.15. The third-order valence-electron chi connectivity index (χ3n) is 2.21. The lowest BCUT2D eigenvalue weighted by Gasteiger charge is -2.08. The highest BCUT2D eigenvalue weighted by molar-refractivity contribution is 6.37. The zero-order valence-electron chi connectivity index (χ0n) is 7.92. The van der Waals surface area contributed by atoms with Crippen LogP contribution >= 0.6 is 23.2 Å². The van der Waals surface area contributed by atoms with Gasteiger partial charge in [0.1, 0.15) is 11.5 Å². The molecule has 0 unspecified atom stereocenters. The Bertz CT molecular complexity index is 490. The normalized spacial score (nSPS) is 10.6. The van der Waals surface area contributed by atoms with Crippen LogP contribution in [0.2, 0.25) is 10.0 Å². The molecule has 0 saturated heterocycles. The van der Waals surface area contributed by atoms with E-state index in [0.717, 1.165) is 0 Å². The second-order valence-electron chi connectivity index (χ2n) is 3.17. The van der Waals surface area contributed by atoms with Crippen molar-refractivity contribution in [2.75, 3.05) is 0 Å². The van der Waals surface area contributed by atoms with E-state index >= 15 is 0 Å². The minimum absolute atomic E-state index is 0.00600. The third-order valence-corrected chi connectivity index (χ3v) is 3.06. The molecular weight excluding hydrogens is 235 g/mol. The van der Waals surface area contributed by atoms with Crippen LogP contribution in [0.25, 0.3) is 11.3 Å². The maximum absolute atomic E-state index is 9.82. The molecule has 0 amide bonds. The molecule has 15 heavy (non-hydrogen) atoms. The van der Waals surface area contributed by atoms with E-state index in [1.807, 2.05) is 0 Å². The first kappa shape index (κ1) is 10.4. The second-order valence-corrected chi connectivity index (χ2v) is 3.96. The molecule has 2 rings (SSSR count). The molecule has 4 heteroatoms. The van der Waals surface area contributed by atoms with Crippen molar-refractivity contribution < 1.29 is 9.52 Å². The van der Waals surface area contributed by atoms with Crippen molar-refractivity contribution in [2.24, 2.45) is 0 Å². The fourth-order valence-corrected chi connectivity index (χ4v) is 1.78. The summed E-state index contributed by atoms with van der Waals surface area (Å²) in [5, 5.41) is 10.6. The average Bonchev–Trinajstić information content (AvgIpc) is 2.73. The summed E-state index contributed by atoms with van der Waals surface area (Å²) >= 11 is 11.9. The molecule has 0 saturated carbocycles. The Morgan fingerprint density at radius 3 is 2.67 bits per heavy atom. The van der Waals surface area contributed by atoms with Crippen LogP contribution in [0.4, 0.5) is 0 Å². The average molecular weight is 243 g/mol. The molecule has 0 fully saturated rings. The van der Waals surface area contributed by atoms with Gasteiger partial charge in [-0.1, -0.05) is 23.2 Å². The zero-order valence-corrected chi connectivity index (χ0v) is 9.43. The highest BCUT2D eigenvalue weighted by atomic mass is 35.5. The van der Waals surface area contributed by atoms with E-state index in [1.165, 1.54) is 6.26 Å². The van der Waals surface area contributed by atoms with Crippen molar-refractivity contribution in [1.29, 1.82) is 0 Å². The predicted molar refractivity (Wildman–Crippen MR) is 60.6 cm³/mol. The number of phenols is 1. The van der Waals surface area contributed by atoms with Gasteiger partial charge in [0.25, 0.3) is 0 Å². The minimum atomic E-state index is -0.00600.